The van der Waals surface area contributed by atoms with Gasteiger partial charge in [0.05, 0.1) is 0 Å². The number of aromatic nitrogens is 1. The van der Waals surface area contributed by atoms with E-state index in [2.05, 4.69) is 4.98 Å². The highest BCUT2D eigenvalue weighted by atomic mass is 32.2. The van der Waals surface area contributed by atoms with Gasteiger partial charge in [0.1, 0.15) is 16.7 Å². The Morgan fingerprint density at radius 2 is 2.11 bits per heavy atom. The lowest BCUT2D eigenvalue weighted by Crippen LogP contribution is -2.39. The average molecular weight is 277 g/mol. The Bertz CT molecular complexity index is 563. The highest BCUT2D eigenvalue weighted by molar-refractivity contribution is 7.89. The third kappa shape index (κ3) is 3.29. The van der Waals surface area contributed by atoms with Crippen LogP contribution >= 0.6 is 0 Å². The first-order valence-electron chi connectivity index (χ1n) is 4.63. The van der Waals surface area contributed by atoms with Gasteiger partial charge in [-0.2, -0.15) is 0 Å². The first-order valence-corrected chi connectivity index (χ1v) is 6.11. The number of carbonyl (C=O) groups is 2. The number of carboxylic acid groups (broad SMARTS) is 1. The summed E-state index contributed by atoms with van der Waals surface area (Å²) in [6, 6.07) is 0.904. The minimum Gasteiger partial charge on any atom is -0.477 e. The van der Waals surface area contributed by atoms with Crippen LogP contribution in [0.25, 0.3) is 0 Å². The molecule has 0 aliphatic rings. The van der Waals surface area contributed by atoms with Gasteiger partial charge in [0.15, 0.2) is 0 Å². The van der Waals surface area contributed by atoms with E-state index in [1.54, 1.807) is 0 Å². The molecule has 0 aliphatic carbocycles. The fourth-order valence-electron chi connectivity index (χ4n) is 1.03. The second-order valence-corrected chi connectivity index (χ2v) is 5.09. The largest absolute Gasteiger partial charge is 0.477 e. The van der Waals surface area contributed by atoms with Gasteiger partial charge >= 0.3 is 5.97 Å². The molecule has 1 rings (SSSR count). The summed E-state index contributed by atoms with van der Waals surface area (Å²) in [6.07, 6.45) is -0.680. The van der Waals surface area contributed by atoms with Crippen LogP contribution in [0.3, 0.4) is 0 Å². The smallest absolute Gasteiger partial charge is 0.352 e. The van der Waals surface area contributed by atoms with Crippen molar-refractivity contribution in [1.82, 2.24) is 9.71 Å². The fourth-order valence-corrected chi connectivity index (χ4v) is 2.06. The molecule has 0 saturated carbocycles. The van der Waals surface area contributed by atoms with Crippen LogP contribution < -0.4 is 10.5 Å². The normalized spacial score (nSPS) is 13.2. The van der Waals surface area contributed by atoms with Crippen LogP contribution in [0, 0.1) is 0 Å². The number of carbonyl (C=O) groups excluding carboxylic acids is 1. The number of aliphatic hydroxyl groups is 1. The van der Waals surface area contributed by atoms with Crippen LogP contribution in [0.2, 0.25) is 0 Å². The van der Waals surface area contributed by atoms with E-state index in [4.69, 9.17) is 15.9 Å². The molecule has 0 fully saturated rings. The maximum absolute atomic E-state index is 11.6. The molecular formula is C8H11N3O6S. The Hall–Kier alpha value is -1.91. The van der Waals surface area contributed by atoms with Crippen LogP contribution in [-0.2, 0) is 14.8 Å². The first kappa shape index (κ1) is 14.2. The van der Waals surface area contributed by atoms with Crippen molar-refractivity contribution in [3.8, 4) is 0 Å². The number of aliphatic hydroxyl groups excluding tert-OH is 1. The van der Waals surface area contributed by atoms with Crippen LogP contribution in [0.5, 0.6) is 0 Å². The predicted octanol–water partition coefficient (Wildman–Crippen LogP) is -2.16. The SMILES string of the molecule is NC(=O)C(O)CNS(=O)(=O)c1c[nH]c(C(=O)O)c1. The number of carboxylic acids is 1. The van der Waals surface area contributed by atoms with Gasteiger partial charge in [-0.1, -0.05) is 0 Å². The van der Waals surface area contributed by atoms with Gasteiger partial charge in [0.2, 0.25) is 15.9 Å². The van der Waals surface area contributed by atoms with E-state index in [0.29, 0.717) is 0 Å². The summed E-state index contributed by atoms with van der Waals surface area (Å²) < 4.78 is 25.1. The number of primary amides is 1. The van der Waals surface area contributed by atoms with E-state index >= 15 is 0 Å². The van der Waals surface area contributed by atoms with E-state index in [-0.39, 0.29) is 10.6 Å². The van der Waals surface area contributed by atoms with E-state index in [9.17, 15) is 18.0 Å². The minimum atomic E-state index is -4.01. The summed E-state index contributed by atoms with van der Waals surface area (Å²) in [4.78, 5) is 23.0. The zero-order valence-electron chi connectivity index (χ0n) is 8.95. The molecule has 0 spiro atoms. The van der Waals surface area contributed by atoms with Crippen molar-refractivity contribution >= 4 is 21.9 Å². The summed E-state index contributed by atoms with van der Waals surface area (Å²) >= 11 is 0. The number of hydrogen-bond donors (Lipinski definition) is 5. The first-order chi connectivity index (χ1) is 8.24. The van der Waals surface area contributed by atoms with Crippen molar-refractivity contribution in [2.45, 2.75) is 11.0 Å². The summed E-state index contributed by atoms with van der Waals surface area (Å²) in [5, 5.41) is 17.6. The number of rotatable bonds is 6. The maximum Gasteiger partial charge on any atom is 0.352 e. The third-order valence-corrected chi connectivity index (χ3v) is 3.40. The lowest BCUT2D eigenvalue weighted by molar-refractivity contribution is -0.125. The van der Waals surface area contributed by atoms with Crippen LogP contribution in [0.15, 0.2) is 17.2 Å². The highest BCUT2D eigenvalue weighted by Gasteiger charge is 2.20. The second-order valence-electron chi connectivity index (χ2n) is 3.32. The molecule has 0 bridgehead atoms. The molecule has 18 heavy (non-hydrogen) atoms. The van der Waals surface area contributed by atoms with E-state index < -0.39 is 34.5 Å². The van der Waals surface area contributed by atoms with Gasteiger partial charge < -0.3 is 20.9 Å². The average Bonchev–Trinajstić information content (AvgIpc) is 2.75. The minimum absolute atomic E-state index is 0.300. The molecule has 9 nitrogen and oxygen atoms in total. The lowest BCUT2D eigenvalue weighted by atomic mass is 10.3. The number of amides is 1. The molecule has 10 heteroatoms. The lowest BCUT2D eigenvalue weighted by Gasteiger charge is -2.07. The molecule has 1 heterocycles. The Labute approximate surface area is 102 Å². The second kappa shape index (κ2) is 5.16. The standard InChI is InChI=1S/C8H11N3O6S/c9-7(13)6(12)3-11-18(16,17)4-1-5(8(14)15)10-2-4/h1-2,6,10-12H,3H2,(H2,9,13)(H,14,15). The highest BCUT2D eigenvalue weighted by Crippen LogP contribution is 2.10. The van der Waals surface area contributed by atoms with Crippen molar-refractivity contribution in [3.63, 3.8) is 0 Å². The Kier molecular flexibility index (Phi) is 4.06. The number of aromatic carboxylic acids is 1. The van der Waals surface area contributed by atoms with Crippen molar-refractivity contribution in [2.24, 2.45) is 5.73 Å². The molecule has 1 aromatic heterocycles. The Balaban J connectivity index is 2.80. The van der Waals surface area contributed by atoms with Crippen molar-refractivity contribution in [3.05, 3.63) is 18.0 Å². The van der Waals surface area contributed by atoms with Gasteiger partial charge in [0.25, 0.3) is 0 Å². The number of aromatic amines is 1. The zero-order valence-corrected chi connectivity index (χ0v) is 9.77. The molecule has 0 aliphatic heterocycles. The topological polar surface area (TPSA) is 163 Å². The zero-order chi connectivity index (χ0) is 13.9. The van der Waals surface area contributed by atoms with Gasteiger partial charge in [-0.3, -0.25) is 4.79 Å². The monoisotopic (exact) mass is 277 g/mol. The van der Waals surface area contributed by atoms with Gasteiger partial charge in [-0.25, -0.2) is 17.9 Å². The summed E-state index contributed by atoms with van der Waals surface area (Å²) in [6.45, 7) is -0.592. The summed E-state index contributed by atoms with van der Waals surface area (Å²) in [5.74, 6) is -2.38. The summed E-state index contributed by atoms with van der Waals surface area (Å²) in [5.41, 5.74) is 4.44. The quantitative estimate of drug-likeness (QED) is 0.397. The van der Waals surface area contributed by atoms with E-state index in [1.165, 1.54) is 0 Å². The van der Waals surface area contributed by atoms with Gasteiger partial charge in [-0.05, 0) is 6.07 Å². The van der Waals surface area contributed by atoms with Crippen LogP contribution in [0.4, 0.5) is 0 Å². The molecule has 1 aromatic rings. The number of sulfonamides is 1. The number of nitrogens with two attached hydrogens (primary N) is 1. The molecule has 0 aromatic carbocycles. The predicted molar refractivity (Wildman–Crippen MR) is 58.1 cm³/mol. The number of hydrogen-bond acceptors (Lipinski definition) is 5. The molecule has 1 unspecified atom stereocenters. The number of H-pyrrole nitrogens is 1. The third-order valence-electron chi connectivity index (χ3n) is 1.99. The van der Waals surface area contributed by atoms with Crippen molar-refractivity contribution < 1.29 is 28.2 Å². The Morgan fingerprint density at radius 1 is 1.50 bits per heavy atom. The van der Waals surface area contributed by atoms with Gasteiger partial charge in [-0.15, -0.1) is 0 Å². The molecule has 0 radical (unpaired) electrons. The molecule has 100 valence electrons. The molecular weight excluding hydrogens is 266 g/mol. The Morgan fingerprint density at radius 3 is 2.56 bits per heavy atom. The molecule has 6 N–H and O–H groups in total. The van der Waals surface area contributed by atoms with Gasteiger partial charge in [0, 0.05) is 12.7 Å². The summed E-state index contributed by atoms with van der Waals surface area (Å²) in [7, 11) is -4.01. The molecule has 1 atom stereocenters. The van der Waals surface area contributed by atoms with Crippen molar-refractivity contribution in [2.75, 3.05) is 6.54 Å². The molecule has 0 saturated heterocycles. The van der Waals surface area contributed by atoms with E-state index in [0.717, 1.165) is 12.3 Å². The number of nitrogens with one attached hydrogen (secondary N) is 2. The maximum atomic E-state index is 11.6. The van der Waals surface area contributed by atoms with Crippen molar-refractivity contribution in [1.29, 1.82) is 0 Å². The van der Waals surface area contributed by atoms with E-state index in [1.807, 2.05) is 4.72 Å². The molecule has 1 amide bonds. The van der Waals surface area contributed by atoms with Crippen LogP contribution in [-0.4, -0.2) is 48.1 Å². The fraction of sp³-hybridized carbons (Fsp3) is 0.250. The van der Waals surface area contributed by atoms with Crippen LogP contribution in [0.1, 0.15) is 10.5 Å².